The zero-order valence-corrected chi connectivity index (χ0v) is 13.1. The molecule has 1 aromatic heterocycles. The van der Waals surface area contributed by atoms with Crippen molar-refractivity contribution in [3.63, 3.8) is 0 Å². The van der Waals surface area contributed by atoms with Crippen molar-refractivity contribution in [2.24, 2.45) is 0 Å². The number of carbonyl (C=O) groups excluding carboxylic acids is 1. The van der Waals surface area contributed by atoms with Crippen molar-refractivity contribution < 1.29 is 13.6 Å². The standard InChI is InChI=1S/C17H18F2N4O/c18-12-2-1-11(16(19)8-12)7-17(24)22-13-3-4-14(22)10-15(9-13)23-20-5-6-21-23/h1-2,5-6,8,13-15H,3-4,7,9-10H2. The van der Waals surface area contributed by atoms with Crippen molar-refractivity contribution in [3.05, 3.63) is 47.8 Å². The van der Waals surface area contributed by atoms with Crippen LogP contribution in [0.25, 0.3) is 0 Å². The van der Waals surface area contributed by atoms with E-state index in [1.54, 1.807) is 17.2 Å². The Kier molecular flexibility index (Phi) is 3.78. The highest BCUT2D eigenvalue weighted by atomic mass is 19.1. The number of aromatic nitrogens is 3. The molecule has 4 rings (SSSR count). The minimum atomic E-state index is -0.661. The summed E-state index contributed by atoms with van der Waals surface area (Å²) in [7, 11) is 0. The number of hydrogen-bond acceptors (Lipinski definition) is 3. The molecule has 126 valence electrons. The maximum Gasteiger partial charge on any atom is 0.227 e. The first kappa shape index (κ1) is 15.2. The maximum absolute atomic E-state index is 13.8. The molecular formula is C17H18F2N4O. The molecule has 2 aliphatic rings. The molecule has 0 aliphatic carbocycles. The lowest BCUT2D eigenvalue weighted by Crippen LogP contribution is -2.47. The summed E-state index contributed by atoms with van der Waals surface area (Å²) in [6.45, 7) is 0. The van der Waals surface area contributed by atoms with E-state index in [0.29, 0.717) is 0 Å². The lowest BCUT2D eigenvalue weighted by molar-refractivity contribution is -0.135. The second-order valence-electron chi connectivity index (χ2n) is 6.57. The van der Waals surface area contributed by atoms with Crippen LogP contribution in [-0.2, 0) is 11.2 Å². The Balaban J connectivity index is 1.48. The summed E-state index contributed by atoms with van der Waals surface area (Å²) in [6, 6.07) is 3.88. The number of halogens is 2. The van der Waals surface area contributed by atoms with Crippen LogP contribution in [0.4, 0.5) is 8.78 Å². The van der Waals surface area contributed by atoms with E-state index in [2.05, 4.69) is 10.2 Å². The van der Waals surface area contributed by atoms with E-state index in [-0.39, 0.29) is 36.0 Å². The van der Waals surface area contributed by atoms with Crippen molar-refractivity contribution in [3.8, 4) is 0 Å². The van der Waals surface area contributed by atoms with Gasteiger partial charge in [0, 0.05) is 18.2 Å². The fraction of sp³-hybridized carbons (Fsp3) is 0.471. The van der Waals surface area contributed by atoms with Gasteiger partial charge in [0.05, 0.1) is 24.9 Å². The molecule has 2 saturated heterocycles. The molecular weight excluding hydrogens is 314 g/mol. The third-order valence-corrected chi connectivity index (χ3v) is 5.12. The third kappa shape index (κ3) is 2.68. The highest BCUT2D eigenvalue weighted by Crippen LogP contribution is 2.40. The predicted octanol–water partition coefficient (Wildman–Crippen LogP) is 2.49. The largest absolute Gasteiger partial charge is 0.336 e. The first-order valence-electron chi connectivity index (χ1n) is 8.22. The molecule has 0 spiro atoms. The molecule has 3 heterocycles. The second kappa shape index (κ2) is 5.96. The fourth-order valence-corrected chi connectivity index (χ4v) is 4.08. The first-order valence-corrected chi connectivity index (χ1v) is 8.22. The van der Waals surface area contributed by atoms with Gasteiger partial charge in [0.1, 0.15) is 11.6 Å². The van der Waals surface area contributed by atoms with Crippen molar-refractivity contribution in [1.82, 2.24) is 19.9 Å². The number of fused-ring (bicyclic) bond motifs is 2. The third-order valence-electron chi connectivity index (χ3n) is 5.12. The van der Waals surface area contributed by atoms with E-state index in [1.807, 2.05) is 4.90 Å². The second-order valence-corrected chi connectivity index (χ2v) is 6.57. The molecule has 2 atom stereocenters. The Morgan fingerprint density at radius 1 is 1.08 bits per heavy atom. The molecule has 1 amide bonds. The van der Waals surface area contributed by atoms with Gasteiger partial charge in [-0.3, -0.25) is 4.79 Å². The normalized spacial score (nSPS) is 25.9. The topological polar surface area (TPSA) is 51.0 Å². The van der Waals surface area contributed by atoms with Crippen LogP contribution in [-0.4, -0.2) is 37.9 Å². The molecule has 2 aliphatic heterocycles. The Morgan fingerprint density at radius 2 is 1.75 bits per heavy atom. The summed E-state index contributed by atoms with van der Waals surface area (Å²) in [6.07, 6.45) is 6.86. The van der Waals surface area contributed by atoms with Gasteiger partial charge in [0.15, 0.2) is 0 Å². The van der Waals surface area contributed by atoms with Gasteiger partial charge in [-0.2, -0.15) is 15.0 Å². The molecule has 2 aromatic rings. The van der Waals surface area contributed by atoms with Gasteiger partial charge in [0.25, 0.3) is 0 Å². The van der Waals surface area contributed by atoms with Crippen LogP contribution in [0.3, 0.4) is 0 Å². The van der Waals surface area contributed by atoms with E-state index in [1.165, 1.54) is 12.1 Å². The smallest absolute Gasteiger partial charge is 0.227 e. The van der Waals surface area contributed by atoms with E-state index in [9.17, 15) is 13.6 Å². The molecule has 0 radical (unpaired) electrons. The van der Waals surface area contributed by atoms with Gasteiger partial charge in [-0.05, 0) is 37.3 Å². The monoisotopic (exact) mass is 332 g/mol. The molecule has 1 aromatic carbocycles. The Bertz CT molecular complexity index is 735. The zero-order chi connectivity index (χ0) is 16.7. The molecule has 2 fully saturated rings. The number of rotatable bonds is 3. The van der Waals surface area contributed by atoms with Crippen LogP contribution in [0.2, 0.25) is 0 Å². The average Bonchev–Trinajstić information content (AvgIpc) is 3.17. The lowest BCUT2D eigenvalue weighted by Gasteiger charge is -2.38. The molecule has 0 saturated carbocycles. The summed E-state index contributed by atoms with van der Waals surface area (Å²) < 4.78 is 26.8. The molecule has 0 N–H and O–H groups in total. The van der Waals surface area contributed by atoms with E-state index in [4.69, 9.17) is 0 Å². The average molecular weight is 332 g/mol. The molecule has 2 unspecified atom stereocenters. The number of hydrogen-bond donors (Lipinski definition) is 0. The minimum Gasteiger partial charge on any atom is -0.336 e. The van der Waals surface area contributed by atoms with Crippen LogP contribution in [0.5, 0.6) is 0 Å². The van der Waals surface area contributed by atoms with Gasteiger partial charge in [-0.15, -0.1) is 0 Å². The van der Waals surface area contributed by atoms with Gasteiger partial charge in [0.2, 0.25) is 5.91 Å². The Hall–Kier alpha value is -2.31. The molecule has 7 heteroatoms. The van der Waals surface area contributed by atoms with Crippen molar-refractivity contribution in [2.45, 2.75) is 50.2 Å². The summed E-state index contributed by atoms with van der Waals surface area (Å²) in [5, 5.41) is 8.42. The van der Waals surface area contributed by atoms with E-state index < -0.39 is 11.6 Å². The molecule has 2 bridgehead atoms. The summed E-state index contributed by atoms with van der Waals surface area (Å²) >= 11 is 0. The summed E-state index contributed by atoms with van der Waals surface area (Å²) in [5.74, 6) is -1.37. The van der Waals surface area contributed by atoms with Crippen molar-refractivity contribution in [1.29, 1.82) is 0 Å². The van der Waals surface area contributed by atoms with Crippen LogP contribution < -0.4 is 0 Å². The number of nitrogens with zero attached hydrogens (tertiary/aromatic N) is 4. The fourth-order valence-electron chi connectivity index (χ4n) is 4.08. The highest BCUT2D eigenvalue weighted by Gasteiger charge is 2.44. The predicted molar refractivity (Wildman–Crippen MR) is 82.0 cm³/mol. The van der Waals surface area contributed by atoms with E-state index >= 15 is 0 Å². The van der Waals surface area contributed by atoms with Crippen molar-refractivity contribution in [2.75, 3.05) is 0 Å². The van der Waals surface area contributed by atoms with Crippen LogP contribution >= 0.6 is 0 Å². The molecule has 5 nitrogen and oxygen atoms in total. The highest BCUT2D eigenvalue weighted by molar-refractivity contribution is 5.80. The Labute approximate surface area is 138 Å². The summed E-state index contributed by atoms with van der Waals surface area (Å²) in [4.78, 5) is 16.3. The van der Waals surface area contributed by atoms with Crippen LogP contribution in [0, 0.1) is 11.6 Å². The lowest BCUT2D eigenvalue weighted by atomic mass is 9.96. The van der Waals surface area contributed by atoms with Gasteiger partial charge in [-0.25, -0.2) is 8.78 Å². The summed E-state index contributed by atoms with van der Waals surface area (Å²) in [5.41, 5.74) is 0.247. The van der Waals surface area contributed by atoms with Gasteiger partial charge >= 0.3 is 0 Å². The quantitative estimate of drug-likeness (QED) is 0.868. The molecule has 24 heavy (non-hydrogen) atoms. The zero-order valence-electron chi connectivity index (χ0n) is 13.1. The Morgan fingerprint density at radius 3 is 2.38 bits per heavy atom. The number of piperidine rings is 1. The number of carbonyl (C=O) groups is 1. The van der Waals surface area contributed by atoms with E-state index in [0.717, 1.165) is 31.7 Å². The number of benzene rings is 1. The SMILES string of the molecule is O=C(Cc1ccc(F)cc1F)N1C2CCC1CC(n1nccn1)C2. The number of amides is 1. The minimum absolute atomic E-state index is 0.0240. The van der Waals surface area contributed by atoms with Crippen LogP contribution in [0.1, 0.15) is 37.3 Å². The maximum atomic E-state index is 13.8. The van der Waals surface area contributed by atoms with Gasteiger partial charge < -0.3 is 4.90 Å². The van der Waals surface area contributed by atoms with Crippen molar-refractivity contribution >= 4 is 5.91 Å². The van der Waals surface area contributed by atoms with Gasteiger partial charge in [-0.1, -0.05) is 6.07 Å². The van der Waals surface area contributed by atoms with Crippen LogP contribution in [0.15, 0.2) is 30.6 Å². The first-order chi connectivity index (χ1) is 11.6.